The van der Waals surface area contributed by atoms with Crippen LogP contribution in [0.25, 0.3) is 0 Å². The van der Waals surface area contributed by atoms with Gasteiger partial charge in [-0.1, -0.05) is 6.07 Å². The van der Waals surface area contributed by atoms with Crippen LogP contribution >= 0.6 is 23.4 Å². The van der Waals surface area contributed by atoms with E-state index in [2.05, 4.69) is 0 Å². The maximum absolute atomic E-state index is 13.8. The predicted molar refractivity (Wildman–Crippen MR) is 70.1 cm³/mol. The second-order valence-corrected chi connectivity index (χ2v) is 5.46. The molecule has 1 aromatic rings. The van der Waals surface area contributed by atoms with E-state index in [-0.39, 0.29) is 5.82 Å². The highest BCUT2D eigenvalue weighted by Gasteiger charge is 2.22. The van der Waals surface area contributed by atoms with Gasteiger partial charge in [-0.05, 0) is 29.9 Å². The van der Waals surface area contributed by atoms with Crippen LogP contribution in [-0.2, 0) is 5.88 Å². The number of hydrogen-bond acceptors (Lipinski definition) is 2. The van der Waals surface area contributed by atoms with E-state index >= 15 is 0 Å². The second kappa shape index (κ2) is 5.28. The Labute approximate surface area is 105 Å². The number of rotatable bonds is 3. The lowest BCUT2D eigenvalue weighted by atomic mass is 10.1. The standard InChI is InChI=1S/C12H15ClFNS/c1-15(10-4-5-16-8-10)12-3-2-9(7-13)6-11(12)14/h2-3,6,10H,4-5,7-8H2,1H3. The van der Waals surface area contributed by atoms with Crippen molar-refractivity contribution in [3.05, 3.63) is 29.6 Å². The van der Waals surface area contributed by atoms with Gasteiger partial charge in [0.2, 0.25) is 0 Å². The van der Waals surface area contributed by atoms with Crippen molar-refractivity contribution < 1.29 is 4.39 Å². The van der Waals surface area contributed by atoms with E-state index in [0.29, 0.717) is 17.6 Å². The molecule has 1 atom stereocenters. The number of nitrogens with zero attached hydrogens (tertiary/aromatic N) is 1. The van der Waals surface area contributed by atoms with E-state index in [9.17, 15) is 4.39 Å². The lowest BCUT2D eigenvalue weighted by molar-refractivity contribution is 0.606. The molecule has 1 fully saturated rings. The number of alkyl halides is 1. The predicted octanol–water partition coefficient (Wildman–Crippen LogP) is 3.51. The molecule has 0 aromatic heterocycles. The molecule has 0 bridgehead atoms. The highest BCUT2D eigenvalue weighted by Crippen LogP contribution is 2.28. The first-order chi connectivity index (χ1) is 7.72. The number of halogens is 2. The first kappa shape index (κ1) is 12.1. The molecule has 0 saturated carbocycles. The normalized spacial score (nSPS) is 20.1. The summed E-state index contributed by atoms with van der Waals surface area (Å²) in [5.41, 5.74) is 1.51. The van der Waals surface area contributed by atoms with Crippen molar-refractivity contribution in [2.45, 2.75) is 18.3 Å². The van der Waals surface area contributed by atoms with Gasteiger partial charge in [0.1, 0.15) is 5.82 Å². The van der Waals surface area contributed by atoms with Crippen LogP contribution in [0.15, 0.2) is 18.2 Å². The van der Waals surface area contributed by atoms with E-state index in [1.807, 2.05) is 35.8 Å². The van der Waals surface area contributed by atoms with Crippen LogP contribution in [0, 0.1) is 5.82 Å². The zero-order chi connectivity index (χ0) is 11.5. The summed E-state index contributed by atoms with van der Waals surface area (Å²) in [6.07, 6.45) is 1.14. The summed E-state index contributed by atoms with van der Waals surface area (Å²) < 4.78 is 13.8. The van der Waals surface area contributed by atoms with Gasteiger partial charge in [0.15, 0.2) is 0 Å². The Morgan fingerprint density at radius 1 is 1.56 bits per heavy atom. The van der Waals surface area contributed by atoms with Gasteiger partial charge >= 0.3 is 0 Å². The van der Waals surface area contributed by atoms with E-state index in [4.69, 9.17) is 11.6 Å². The maximum Gasteiger partial charge on any atom is 0.146 e. The van der Waals surface area contributed by atoms with E-state index in [1.165, 1.54) is 11.8 Å². The van der Waals surface area contributed by atoms with Gasteiger partial charge in [-0.25, -0.2) is 4.39 Å². The molecule has 0 radical (unpaired) electrons. The first-order valence-electron chi connectivity index (χ1n) is 5.37. The molecule has 0 N–H and O–H groups in total. The summed E-state index contributed by atoms with van der Waals surface area (Å²) in [5.74, 6) is 2.46. The average molecular weight is 260 g/mol. The summed E-state index contributed by atoms with van der Waals surface area (Å²) >= 11 is 7.61. The Morgan fingerprint density at radius 2 is 2.38 bits per heavy atom. The quantitative estimate of drug-likeness (QED) is 0.765. The third-order valence-electron chi connectivity index (χ3n) is 3.00. The summed E-state index contributed by atoms with van der Waals surface area (Å²) in [4.78, 5) is 2.05. The monoisotopic (exact) mass is 259 g/mol. The van der Waals surface area contributed by atoms with E-state index in [0.717, 1.165) is 17.7 Å². The van der Waals surface area contributed by atoms with Crippen LogP contribution in [0.4, 0.5) is 10.1 Å². The fraction of sp³-hybridized carbons (Fsp3) is 0.500. The lowest BCUT2D eigenvalue weighted by Gasteiger charge is -2.26. The van der Waals surface area contributed by atoms with Gasteiger partial charge in [0.25, 0.3) is 0 Å². The van der Waals surface area contributed by atoms with Gasteiger partial charge in [-0.2, -0.15) is 11.8 Å². The molecule has 1 saturated heterocycles. The molecule has 1 heterocycles. The SMILES string of the molecule is CN(c1ccc(CCl)cc1F)C1CCSC1. The van der Waals surface area contributed by atoms with Crippen molar-refractivity contribution >= 4 is 29.1 Å². The van der Waals surface area contributed by atoms with Crippen LogP contribution in [-0.4, -0.2) is 24.6 Å². The van der Waals surface area contributed by atoms with Gasteiger partial charge in [0.05, 0.1) is 5.69 Å². The summed E-state index contributed by atoms with van der Waals surface area (Å²) in [7, 11) is 1.97. The first-order valence-corrected chi connectivity index (χ1v) is 7.06. The molecule has 0 amide bonds. The highest BCUT2D eigenvalue weighted by atomic mass is 35.5. The molecular weight excluding hydrogens is 245 g/mol. The van der Waals surface area contributed by atoms with Crippen molar-refractivity contribution in [3.63, 3.8) is 0 Å². The zero-order valence-electron chi connectivity index (χ0n) is 9.25. The van der Waals surface area contributed by atoms with Crippen molar-refractivity contribution in [2.75, 3.05) is 23.5 Å². The minimum atomic E-state index is -0.169. The van der Waals surface area contributed by atoms with Crippen LogP contribution in [0.1, 0.15) is 12.0 Å². The van der Waals surface area contributed by atoms with E-state index in [1.54, 1.807) is 0 Å². The number of benzene rings is 1. The number of anilines is 1. The Bertz CT molecular complexity index is 366. The number of hydrogen-bond donors (Lipinski definition) is 0. The molecule has 0 spiro atoms. The molecule has 16 heavy (non-hydrogen) atoms. The van der Waals surface area contributed by atoms with Gasteiger partial charge in [-0.15, -0.1) is 11.6 Å². The molecule has 2 rings (SSSR count). The maximum atomic E-state index is 13.8. The van der Waals surface area contributed by atoms with E-state index < -0.39 is 0 Å². The van der Waals surface area contributed by atoms with Gasteiger partial charge in [-0.3, -0.25) is 0 Å². The summed E-state index contributed by atoms with van der Waals surface area (Å²) in [6, 6.07) is 5.71. The molecule has 1 aliphatic rings. The zero-order valence-corrected chi connectivity index (χ0v) is 10.8. The van der Waals surface area contributed by atoms with Crippen LogP contribution in [0.5, 0.6) is 0 Å². The molecule has 1 aliphatic heterocycles. The minimum absolute atomic E-state index is 0.169. The molecular formula is C12H15ClFNS. The van der Waals surface area contributed by atoms with Crippen LogP contribution in [0.3, 0.4) is 0 Å². The molecule has 1 unspecified atom stereocenters. The Kier molecular flexibility index (Phi) is 3.98. The lowest BCUT2D eigenvalue weighted by Crippen LogP contribution is -2.31. The summed E-state index contributed by atoms with van der Waals surface area (Å²) in [6.45, 7) is 0. The van der Waals surface area contributed by atoms with Crippen molar-refractivity contribution in [1.82, 2.24) is 0 Å². The van der Waals surface area contributed by atoms with Gasteiger partial charge < -0.3 is 4.90 Å². The molecule has 1 aromatic carbocycles. The highest BCUT2D eigenvalue weighted by molar-refractivity contribution is 7.99. The molecule has 88 valence electrons. The largest absolute Gasteiger partial charge is 0.368 e. The van der Waals surface area contributed by atoms with Crippen molar-refractivity contribution in [3.8, 4) is 0 Å². The fourth-order valence-corrected chi connectivity index (χ4v) is 3.38. The number of thioether (sulfide) groups is 1. The van der Waals surface area contributed by atoms with Crippen molar-refractivity contribution in [2.24, 2.45) is 0 Å². The third-order valence-corrected chi connectivity index (χ3v) is 4.45. The Balaban J connectivity index is 2.19. The van der Waals surface area contributed by atoms with Crippen LogP contribution < -0.4 is 4.90 Å². The summed E-state index contributed by atoms with van der Waals surface area (Å²) in [5, 5.41) is 0. The van der Waals surface area contributed by atoms with Crippen LogP contribution in [0.2, 0.25) is 0 Å². The topological polar surface area (TPSA) is 3.24 Å². The second-order valence-electron chi connectivity index (χ2n) is 4.05. The fourth-order valence-electron chi connectivity index (χ4n) is 1.94. The average Bonchev–Trinajstić information content (AvgIpc) is 2.81. The molecule has 1 nitrogen and oxygen atoms in total. The Morgan fingerprint density at radius 3 is 2.94 bits per heavy atom. The Hall–Kier alpha value is -0.410. The molecule has 4 heteroatoms. The molecule has 0 aliphatic carbocycles. The smallest absolute Gasteiger partial charge is 0.146 e. The van der Waals surface area contributed by atoms with Crippen molar-refractivity contribution in [1.29, 1.82) is 0 Å². The third kappa shape index (κ3) is 2.46. The van der Waals surface area contributed by atoms with Gasteiger partial charge in [0, 0.05) is 24.7 Å². The minimum Gasteiger partial charge on any atom is -0.368 e.